The molecule has 0 radical (unpaired) electrons. The molecule has 3 nitrogen and oxygen atoms in total. The Kier molecular flexibility index (Phi) is 1.93. The lowest BCUT2D eigenvalue weighted by Gasteiger charge is -1.91. The lowest BCUT2D eigenvalue weighted by molar-refractivity contribution is 0.281. The van der Waals surface area contributed by atoms with Crippen molar-refractivity contribution in [1.29, 1.82) is 0 Å². The summed E-state index contributed by atoms with van der Waals surface area (Å²) in [5.74, 6) is 0.674. The molecule has 0 aliphatic heterocycles. The van der Waals surface area contributed by atoms with Crippen LogP contribution < -0.4 is 0 Å². The van der Waals surface area contributed by atoms with E-state index in [-0.39, 0.29) is 6.61 Å². The third-order valence-electron chi connectivity index (χ3n) is 1.56. The second kappa shape index (κ2) is 3.08. The van der Waals surface area contributed by atoms with Crippen molar-refractivity contribution < 1.29 is 9.63 Å². The minimum absolute atomic E-state index is 0.0310. The molecule has 12 heavy (non-hydrogen) atoms. The van der Waals surface area contributed by atoms with Crippen LogP contribution in [0, 0.1) is 0 Å². The topological polar surface area (TPSA) is 46.3 Å². The molecular weight excluding hydrogens is 174 g/mol. The molecule has 0 aromatic carbocycles. The van der Waals surface area contributed by atoms with E-state index >= 15 is 0 Å². The summed E-state index contributed by atoms with van der Waals surface area (Å²) in [6.07, 6.45) is 1.54. The van der Waals surface area contributed by atoms with E-state index in [0.29, 0.717) is 5.76 Å². The summed E-state index contributed by atoms with van der Waals surface area (Å²) in [4.78, 5) is 0.997. The van der Waals surface area contributed by atoms with Gasteiger partial charge in [-0.3, -0.25) is 0 Å². The lowest BCUT2D eigenvalue weighted by atomic mass is 10.2. The fraction of sp³-hybridized carbons (Fsp3) is 0.125. The van der Waals surface area contributed by atoms with Gasteiger partial charge in [0.2, 0.25) is 0 Å². The molecule has 2 rings (SSSR count). The summed E-state index contributed by atoms with van der Waals surface area (Å²) in [5, 5.41) is 14.5. The van der Waals surface area contributed by atoms with Gasteiger partial charge in [0.1, 0.15) is 0 Å². The van der Waals surface area contributed by atoms with Gasteiger partial charge in [-0.15, -0.1) is 11.3 Å². The van der Waals surface area contributed by atoms with Gasteiger partial charge in [-0.1, -0.05) is 11.2 Å². The van der Waals surface area contributed by atoms with Crippen LogP contribution in [-0.4, -0.2) is 10.3 Å². The standard InChI is InChI=1S/C8H7NO2S/c10-5-6-4-9-11-8(6)7-2-1-3-12-7/h1-4,10H,5H2. The molecule has 0 saturated carbocycles. The molecule has 0 amide bonds. The van der Waals surface area contributed by atoms with Crippen molar-refractivity contribution in [1.82, 2.24) is 5.16 Å². The van der Waals surface area contributed by atoms with Crippen molar-refractivity contribution in [3.63, 3.8) is 0 Å². The van der Waals surface area contributed by atoms with Crippen molar-refractivity contribution in [2.24, 2.45) is 0 Å². The van der Waals surface area contributed by atoms with E-state index in [9.17, 15) is 0 Å². The fourth-order valence-corrected chi connectivity index (χ4v) is 1.72. The Hall–Kier alpha value is -1.13. The fourth-order valence-electron chi connectivity index (χ4n) is 0.984. The summed E-state index contributed by atoms with van der Waals surface area (Å²) < 4.78 is 5.00. The van der Waals surface area contributed by atoms with Crippen LogP contribution in [-0.2, 0) is 6.61 Å². The molecule has 2 aromatic rings. The van der Waals surface area contributed by atoms with Crippen LogP contribution in [0.25, 0.3) is 10.6 Å². The summed E-state index contributed by atoms with van der Waals surface area (Å²) in [6, 6.07) is 3.87. The molecule has 0 atom stereocenters. The maximum Gasteiger partial charge on any atom is 0.182 e. The molecule has 62 valence electrons. The number of hydrogen-bond donors (Lipinski definition) is 1. The molecule has 0 bridgehead atoms. The number of aliphatic hydroxyl groups is 1. The first-order valence-corrected chi connectivity index (χ1v) is 4.38. The zero-order valence-electron chi connectivity index (χ0n) is 6.23. The van der Waals surface area contributed by atoms with Gasteiger partial charge in [0, 0.05) is 5.56 Å². The maximum atomic E-state index is 8.91. The molecule has 0 aliphatic carbocycles. The Bertz CT molecular complexity index is 353. The Morgan fingerprint density at radius 3 is 3.17 bits per heavy atom. The molecule has 2 heterocycles. The minimum Gasteiger partial charge on any atom is -0.391 e. The highest BCUT2D eigenvalue weighted by Crippen LogP contribution is 2.27. The van der Waals surface area contributed by atoms with Gasteiger partial charge in [-0.25, -0.2) is 0 Å². The van der Waals surface area contributed by atoms with Gasteiger partial charge in [0.15, 0.2) is 5.76 Å². The summed E-state index contributed by atoms with van der Waals surface area (Å²) in [5.41, 5.74) is 0.734. The van der Waals surface area contributed by atoms with Crippen LogP contribution in [0.1, 0.15) is 5.56 Å². The monoisotopic (exact) mass is 181 g/mol. The van der Waals surface area contributed by atoms with Gasteiger partial charge < -0.3 is 9.63 Å². The highest BCUT2D eigenvalue weighted by atomic mass is 32.1. The highest BCUT2D eigenvalue weighted by molar-refractivity contribution is 7.13. The van der Waals surface area contributed by atoms with Crippen LogP contribution in [0.4, 0.5) is 0 Å². The summed E-state index contributed by atoms with van der Waals surface area (Å²) >= 11 is 1.57. The largest absolute Gasteiger partial charge is 0.391 e. The van der Waals surface area contributed by atoms with Crippen molar-refractivity contribution in [2.45, 2.75) is 6.61 Å². The van der Waals surface area contributed by atoms with E-state index in [2.05, 4.69) is 5.16 Å². The molecule has 0 fully saturated rings. The first-order valence-electron chi connectivity index (χ1n) is 3.50. The zero-order chi connectivity index (χ0) is 8.39. The van der Waals surface area contributed by atoms with Crippen LogP contribution in [0.5, 0.6) is 0 Å². The highest BCUT2D eigenvalue weighted by Gasteiger charge is 2.09. The number of aliphatic hydroxyl groups excluding tert-OH is 1. The maximum absolute atomic E-state index is 8.91. The number of thiophene rings is 1. The van der Waals surface area contributed by atoms with Crippen LogP contribution in [0.3, 0.4) is 0 Å². The molecule has 2 aromatic heterocycles. The van der Waals surface area contributed by atoms with Crippen LogP contribution in [0.2, 0.25) is 0 Å². The number of hydrogen-bond acceptors (Lipinski definition) is 4. The van der Waals surface area contributed by atoms with E-state index in [4.69, 9.17) is 9.63 Å². The van der Waals surface area contributed by atoms with Gasteiger partial charge >= 0.3 is 0 Å². The van der Waals surface area contributed by atoms with Crippen molar-refractivity contribution in [2.75, 3.05) is 0 Å². The average Bonchev–Trinajstić information content (AvgIpc) is 2.74. The second-order valence-corrected chi connectivity index (χ2v) is 3.26. The third-order valence-corrected chi connectivity index (χ3v) is 2.43. The molecule has 0 unspecified atom stereocenters. The minimum atomic E-state index is -0.0310. The number of nitrogens with zero attached hydrogens (tertiary/aromatic N) is 1. The van der Waals surface area contributed by atoms with Gasteiger partial charge in [-0.05, 0) is 11.4 Å². The Balaban J connectivity index is 2.46. The third kappa shape index (κ3) is 1.15. The quantitative estimate of drug-likeness (QED) is 0.769. The van der Waals surface area contributed by atoms with Crippen LogP contribution >= 0.6 is 11.3 Å². The van der Waals surface area contributed by atoms with E-state index in [0.717, 1.165) is 10.4 Å². The van der Waals surface area contributed by atoms with E-state index in [1.54, 1.807) is 11.3 Å². The van der Waals surface area contributed by atoms with E-state index in [1.165, 1.54) is 6.20 Å². The van der Waals surface area contributed by atoms with Crippen molar-refractivity contribution in [3.8, 4) is 10.6 Å². The summed E-state index contributed by atoms with van der Waals surface area (Å²) in [7, 11) is 0. The zero-order valence-corrected chi connectivity index (χ0v) is 7.04. The summed E-state index contributed by atoms with van der Waals surface area (Å²) in [6.45, 7) is -0.0310. The Morgan fingerprint density at radius 1 is 1.58 bits per heavy atom. The smallest absolute Gasteiger partial charge is 0.182 e. The molecule has 1 N–H and O–H groups in total. The van der Waals surface area contributed by atoms with Crippen molar-refractivity contribution >= 4 is 11.3 Å². The SMILES string of the molecule is OCc1cnoc1-c1cccs1. The number of aromatic nitrogens is 1. The Morgan fingerprint density at radius 2 is 2.50 bits per heavy atom. The van der Waals surface area contributed by atoms with Gasteiger partial charge in [0.25, 0.3) is 0 Å². The predicted molar refractivity (Wildman–Crippen MR) is 45.7 cm³/mol. The Labute approximate surface area is 73.3 Å². The van der Waals surface area contributed by atoms with Crippen LogP contribution in [0.15, 0.2) is 28.2 Å². The molecule has 0 spiro atoms. The van der Waals surface area contributed by atoms with Gasteiger partial charge in [0.05, 0.1) is 17.7 Å². The van der Waals surface area contributed by atoms with Gasteiger partial charge in [-0.2, -0.15) is 0 Å². The first-order chi connectivity index (χ1) is 5.92. The predicted octanol–water partition coefficient (Wildman–Crippen LogP) is 1.90. The normalized spacial score (nSPS) is 10.4. The molecule has 0 aliphatic rings. The lowest BCUT2D eigenvalue weighted by Crippen LogP contribution is -1.80. The molecule has 0 saturated heterocycles. The van der Waals surface area contributed by atoms with E-state index < -0.39 is 0 Å². The molecular formula is C8H7NO2S. The number of rotatable bonds is 2. The first kappa shape index (κ1) is 7.52. The van der Waals surface area contributed by atoms with Crippen molar-refractivity contribution in [3.05, 3.63) is 29.3 Å². The second-order valence-electron chi connectivity index (χ2n) is 2.32. The molecule has 4 heteroatoms. The van der Waals surface area contributed by atoms with E-state index in [1.807, 2.05) is 17.5 Å². The average molecular weight is 181 g/mol.